The molecule has 2 fully saturated rings. The SMILES string of the molecule is C[C@@H](C1CC1)n1c(=O)c(NC[C@H]2C[C@H](NC(=O)OC(C)(C)C)C2)nc2cnc(Cl)nc21. The number of rotatable bonds is 6. The fourth-order valence-corrected chi connectivity index (χ4v) is 4.13. The Morgan fingerprint density at radius 3 is 2.68 bits per heavy atom. The van der Waals surface area contributed by atoms with Crippen molar-refractivity contribution in [2.45, 2.75) is 71.1 Å². The van der Waals surface area contributed by atoms with Crippen molar-refractivity contribution >= 4 is 34.7 Å². The van der Waals surface area contributed by atoms with Crippen LogP contribution in [-0.2, 0) is 4.74 Å². The molecular weight excluding hydrogens is 420 g/mol. The number of aromatic nitrogens is 4. The predicted molar refractivity (Wildman–Crippen MR) is 118 cm³/mol. The summed E-state index contributed by atoms with van der Waals surface area (Å²) >= 11 is 5.98. The molecule has 2 aliphatic carbocycles. The smallest absolute Gasteiger partial charge is 0.407 e. The topological polar surface area (TPSA) is 111 Å². The summed E-state index contributed by atoms with van der Waals surface area (Å²) in [6, 6.07) is 0.115. The normalized spacial score (nSPS) is 22.0. The standard InChI is InChI=1S/C21H29ClN6O3/c1-11(13-5-6-13)28-17-15(10-24-19(22)27-17)26-16(18(28)29)23-9-12-7-14(8-12)25-20(30)31-21(2,3)4/h10-14H,5-9H2,1-4H3,(H,23,26)(H,25,30)/t11-,12-,14-/m0/s1. The fourth-order valence-electron chi connectivity index (χ4n) is 4.00. The van der Waals surface area contributed by atoms with Crippen LogP contribution in [-0.4, -0.2) is 43.8 Å². The van der Waals surface area contributed by atoms with Crippen molar-refractivity contribution in [3.8, 4) is 0 Å². The number of carbonyl (C=O) groups excluding carboxylic acids is 1. The molecule has 0 aliphatic heterocycles. The lowest BCUT2D eigenvalue weighted by Gasteiger charge is -2.36. The molecule has 2 aliphatic rings. The maximum Gasteiger partial charge on any atom is 0.407 e. The first-order chi connectivity index (χ1) is 14.6. The van der Waals surface area contributed by atoms with Crippen LogP contribution in [0.25, 0.3) is 11.2 Å². The highest BCUT2D eigenvalue weighted by atomic mass is 35.5. The number of fused-ring (bicyclic) bond motifs is 1. The summed E-state index contributed by atoms with van der Waals surface area (Å²) in [5.41, 5.74) is 0.309. The van der Waals surface area contributed by atoms with Gasteiger partial charge in [-0.15, -0.1) is 0 Å². The number of ether oxygens (including phenoxy) is 1. The summed E-state index contributed by atoms with van der Waals surface area (Å²) < 4.78 is 6.99. The molecule has 2 aromatic heterocycles. The molecule has 1 atom stereocenters. The van der Waals surface area contributed by atoms with Gasteiger partial charge in [-0.1, -0.05) is 0 Å². The minimum Gasteiger partial charge on any atom is -0.444 e. The molecule has 0 saturated heterocycles. The van der Waals surface area contributed by atoms with E-state index in [0.29, 0.717) is 35.4 Å². The average Bonchev–Trinajstić information content (AvgIpc) is 3.47. The zero-order valence-electron chi connectivity index (χ0n) is 18.3. The number of amides is 1. The van der Waals surface area contributed by atoms with Gasteiger partial charge in [0.1, 0.15) is 11.1 Å². The summed E-state index contributed by atoms with van der Waals surface area (Å²) in [4.78, 5) is 37.8. The van der Waals surface area contributed by atoms with E-state index in [9.17, 15) is 9.59 Å². The number of anilines is 1. The first-order valence-corrected chi connectivity index (χ1v) is 11.2. The molecule has 2 aromatic rings. The van der Waals surface area contributed by atoms with Crippen LogP contribution in [0.4, 0.5) is 10.6 Å². The van der Waals surface area contributed by atoms with Crippen molar-refractivity contribution < 1.29 is 9.53 Å². The maximum absolute atomic E-state index is 13.2. The van der Waals surface area contributed by atoms with Gasteiger partial charge in [0.15, 0.2) is 11.5 Å². The summed E-state index contributed by atoms with van der Waals surface area (Å²) in [7, 11) is 0. The highest BCUT2D eigenvalue weighted by Gasteiger charge is 2.33. The van der Waals surface area contributed by atoms with E-state index in [2.05, 4.69) is 25.6 Å². The Kier molecular flexibility index (Phi) is 5.81. The molecule has 0 bridgehead atoms. The van der Waals surface area contributed by atoms with Crippen molar-refractivity contribution in [3.63, 3.8) is 0 Å². The number of carbonyl (C=O) groups is 1. The van der Waals surface area contributed by atoms with Crippen LogP contribution in [0.15, 0.2) is 11.0 Å². The van der Waals surface area contributed by atoms with Gasteiger partial charge in [-0.3, -0.25) is 9.36 Å². The Labute approximate surface area is 186 Å². The van der Waals surface area contributed by atoms with E-state index in [1.165, 1.54) is 0 Å². The van der Waals surface area contributed by atoms with E-state index >= 15 is 0 Å². The van der Waals surface area contributed by atoms with Gasteiger partial charge in [0, 0.05) is 18.6 Å². The Balaban J connectivity index is 1.42. The van der Waals surface area contributed by atoms with Gasteiger partial charge < -0.3 is 15.4 Å². The number of nitrogens with zero attached hydrogens (tertiary/aromatic N) is 4. The summed E-state index contributed by atoms with van der Waals surface area (Å²) in [5, 5.41) is 6.20. The summed E-state index contributed by atoms with van der Waals surface area (Å²) in [6.45, 7) is 8.16. The highest BCUT2D eigenvalue weighted by molar-refractivity contribution is 6.28. The van der Waals surface area contributed by atoms with Gasteiger partial charge >= 0.3 is 6.09 Å². The number of hydrogen-bond acceptors (Lipinski definition) is 7. The second-order valence-electron chi connectivity index (χ2n) is 9.62. The van der Waals surface area contributed by atoms with Crippen LogP contribution in [0.5, 0.6) is 0 Å². The molecule has 31 heavy (non-hydrogen) atoms. The van der Waals surface area contributed by atoms with Crippen LogP contribution >= 0.6 is 11.6 Å². The Morgan fingerprint density at radius 1 is 1.32 bits per heavy atom. The molecule has 168 valence electrons. The Hall–Kier alpha value is -2.42. The highest BCUT2D eigenvalue weighted by Crippen LogP contribution is 2.39. The lowest BCUT2D eigenvalue weighted by Crippen LogP contribution is -2.47. The average molecular weight is 449 g/mol. The summed E-state index contributed by atoms with van der Waals surface area (Å²) in [6.07, 6.45) is 5.02. The fraction of sp³-hybridized carbons (Fsp3) is 0.667. The van der Waals surface area contributed by atoms with Crippen LogP contribution in [0.1, 0.15) is 59.4 Å². The number of nitrogens with one attached hydrogen (secondary N) is 2. The lowest BCUT2D eigenvalue weighted by molar-refractivity contribution is 0.0456. The Bertz CT molecular complexity index is 1040. The van der Waals surface area contributed by atoms with Crippen LogP contribution in [0.3, 0.4) is 0 Å². The van der Waals surface area contributed by atoms with Crippen molar-refractivity contribution in [2.75, 3.05) is 11.9 Å². The van der Waals surface area contributed by atoms with Gasteiger partial charge in [-0.05, 0) is 76.8 Å². The third kappa shape index (κ3) is 5.08. The molecule has 0 unspecified atom stereocenters. The van der Waals surface area contributed by atoms with Crippen molar-refractivity contribution in [1.29, 1.82) is 0 Å². The Morgan fingerprint density at radius 2 is 2.03 bits per heavy atom. The van der Waals surface area contributed by atoms with Crippen LogP contribution in [0.2, 0.25) is 5.28 Å². The molecular formula is C21H29ClN6O3. The number of alkyl carbamates (subject to hydrolysis) is 1. The molecule has 1 amide bonds. The van der Waals surface area contributed by atoms with Crippen LogP contribution < -0.4 is 16.2 Å². The maximum atomic E-state index is 13.2. The largest absolute Gasteiger partial charge is 0.444 e. The van der Waals surface area contributed by atoms with E-state index in [1.807, 2.05) is 27.7 Å². The van der Waals surface area contributed by atoms with Gasteiger partial charge in [-0.25, -0.2) is 14.8 Å². The van der Waals surface area contributed by atoms with E-state index in [1.54, 1.807) is 10.8 Å². The van der Waals surface area contributed by atoms with Crippen molar-refractivity contribution in [3.05, 3.63) is 21.8 Å². The van der Waals surface area contributed by atoms with E-state index < -0.39 is 11.7 Å². The molecule has 9 nitrogen and oxygen atoms in total. The third-order valence-corrected chi connectivity index (χ3v) is 6.01. The first-order valence-electron chi connectivity index (χ1n) is 10.8. The van der Waals surface area contributed by atoms with Gasteiger partial charge in [0.2, 0.25) is 5.28 Å². The molecule has 0 radical (unpaired) electrons. The second-order valence-corrected chi connectivity index (χ2v) is 9.96. The van der Waals surface area contributed by atoms with Gasteiger partial charge in [-0.2, -0.15) is 4.98 Å². The minimum atomic E-state index is -0.512. The monoisotopic (exact) mass is 448 g/mol. The molecule has 0 aromatic carbocycles. The second kappa shape index (κ2) is 8.26. The minimum absolute atomic E-state index is 0.0237. The zero-order valence-corrected chi connectivity index (χ0v) is 19.1. The van der Waals surface area contributed by atoms with E-state index in [4.69, 9.17) is 16.3 Å². The van der Waals surface area contributed by atoms with Gasteiger partial charge in [0.05, 0.1) is 6.20 Å². The zero-order chi connectivity index (χ0) is 22.3. The molecule has 2 saturated carbocycles. The van der Waals surface area contributed by atoms with E-state index in [-0.39, 0.29) is 22.9 Å². The van der Waals surface area contributed by atoms with Crippen molar-refractivity contribution in [2.24, 2.45) is 11.8 Å². The first kappa shape index (κ1) is 21.8. The number of hydrogen-bond donors (Lipinski definition) is 2. The molecule has 2 N–H and O–H groups in total. The molecule has 2 heterocycles. The quantitative estimate of drug-likeness (QED) is 0.650. The van der Waals surface area contributed by atoms with E-state index in [0.717, 1.165) is 25.7 Å². The summed E-state index contributed by atoms with van der Waals surface area (Å²) in [5.74, 6) is 1.11. The van der Waals surface area contributed by atoms with Crippen molar-refractivity contribution in [1.82, 2.24) is 24.8 Å². The predicted octanol–water partition coefficient (Wildman–Crippen LogP) is 3.53. The molecule has 10 heteroatoms. The van der Waals surface area contributed by atoms with Crippen LogP contribution in [0, 0.1) is 11.8 Å². The third-order valence-electron chi connectivity index (χ3n) is 5.83. The number of halogens is 1. The lowest BCUT2D eigenvalue weighted by atomic mass is 9.80. The van der Waals surface area contributed by atoms with Gasteiger partial charge in [0.25, 0.3) is 5.56 Å². The molecule has 4 rings (SSSR count). The molecule has 0 spiro atoms.